The minimum atomic E-state index is -0.494. The van der Waals surface area contributed by atoms with E-state index in [4.69, 9.17) is 9.47 Å². The summed E-state index contributed by atoms with van der Waals surface area (Å²) in [5.74, 6) is -0.981. The molecule has 0 heterocycles. The lowest BCUT2D eigenvalue weighted by molar-refractivity contribution is -0.140. The van der Waals surface area contributed by atoms with Crippen molar-refractivity contribution in [3.8, 4) is 0 Å². The van der Waals surface area contributed by atoms with Crippen LogP contribution >= 0.6 is 0 Å². The van der Waals surface area contributed by atoms with E-state index in [1.54, 1.807) is 0 Å². The van der Waals surface area contributed by atoms with E-state index in [0.717, 1.165) is 50.7 Å². The highest BCUT2D eigenvalue weighted by Gasteiger charge is 2.00. The van der Waals surface area contributed by atoms with Crippen LogP contribution in [0.1, 0.15) is 52.4 Å². The van der Waals surface area contributed by atoms with E-state index in [9.17, 15) is 9.59 Å². The minimum absolute atomic E-state index is 0.395. The van der Waals surface area contributed by atoms with Crippen molar-refractivity contribution in [2.75, 3.05) is 13.2 Å². The van der Waals surface area contributed by atoms with Crippen molar-refractivity contribution < 1.29 is 19.1 Å². The number of carbonyl (C=O) groups is 2. The van der Waals surface area contributed by atoms with Crippen molar-refractivity contribution >= 4 is 11.9 Å². The Balaban J connectivity index is 3.57. The number of rotatable bonds is 10. The highest BCUT2D eigenvalue weighted by atomic mass is 16.5. The Kier molecular flexibility index (Phi) is 11.3. The van der Waals surface area contributed by atoms with Crippen LogP contribution in [-0.4, -0.2) is 25.2 Å². The SMILES string of the molecule is CCCCCCOC(=O)/C=C\C(=O)OCCCC. The standard InChI is InChI=1S/C14H24O4/c1-3-5-7-8-12-18-14(16)10-9-13(15)17-11-6-4-2/h9-10H,3-8,11-12H2,1-2H3/b10-9-. The zero-order chi connectivity index (χ0) is 13.6. The van der Waals surface area contributed by atoms with Crippen LogP contribution in [0.2, 0.25) is 0 Å². The highest BCUT2D eigenvalue weighted by Crippen LogP contribution is 1.99. The van der Waals surface area contributed by atoms with Crippen LogP contribution in [0.3, 0.4) is 0 Å². The van der Waals surface area contributed by atoms with Gasteiger partial charge in [0.05, 0.1) is 13.2 Å². The van der Waals surface area contributed by atoms with E-state index >= 15 is 0 Å². The van der Waals surface area contributed by atoms with Crippen LogP contribution in [0.4, 0.5) is 0 Å². The number of hydrogen-bond donors (Lipinski definition) is 0. The second-order valence-corrected chi connectivity index (χ2v) is 4.08. The third-order valence-corrected chi connectivity index (χ3v) is 2.34. The molecule has 0 saturated carbocycles. The van der Waals surface area contributed by atoms with E-state index in [-0.39, 0.29) is 0 Å². The molecule has 0 bridgehead atoms. The summed E-state index contributed by atoms with van der Waals surface area (Å²) in [4.78, 5) is 22.3. The van der Waals surface area contributed by atoms with Crippen molar-refractivity contribution in [2.24, 2.45) is 0 Å². The zero-order valence-electron chi connectivity index (χ0n) is 11.4. The van der Waals surface area contributed by atoms with Crippen LogP contribution in [0.25, 0.3) is 0 Å². The van der Waals surface area contributed by atoms with Crippen molar-refractivity contribution in [3.05, 3.63) is 12.2 Å². The predicted molar refractivity (Wildman–Crippen MR) is 70.1 cm³/mol. The van der Waals surface area contributed by atoms with Gasteiger partial charge in [0.15, 0.2) is 0 Å². The molecule has 104 valence electrons. The molecule has 0 aromatic rings. The molecule has 0 aliphatic rings. The van der Waals surface area contributed by atoms with Gasteiger partial charge in [-0.05, 0) is 12.8 Å². The van der Waals surface area contributed by atoms with E-state index in [1.165, 1.54) is 0 Å². The normalized spacial score (nSPS) is 10.6. The first-order chi connectivity index (χ1) is 8.70. The first-order valence-electron chi connectivity index (χ1n) is 6.72. The molecule has 0 aromatic heterocycles. The van der Waals surface area contributed by atoms with Crippen LogP contribution in [-0.2, 0) is 19.1 Å². The summed E-state index contributed by atoms with van der Waals surface area (Å²) in [6.45, 7) is 4.94. The van der Waals surface area contributed by atoms with Crippen LogP contribution in [0.5, 0.6) is 0 Å². The molecule has 0 N–H and O–H groups in total. The van der Waals surface area contributed by atoms with Crippen molar-refractivity contribution in [3.63, 3.8) is 0 Å². The lowest BCUT2D eigenvalue weighted by Crippen LogP contribution is -2.06. The zero-order valence-corrected chi connectivity index (χ0v) is 11.4. The second kappa shape index (κ2) is 12.1. The molecule has 0 saturated heterocycles. The van der Waals surface area contributed by atoms with Gasteiger partial charge in [0.25, 0.3) is 0 Å². The molecule has 0 unspecified atom stereocenters. The lowest BCUT2D eigenvalue weighted by atomic mass is 10.2. The Morgan fingerprint density at radius 3 is 1.78 bits per heavy atom. The Hall–Kier alpha value is -1.32. The van der Waals surface area contributed by atoms with Crippen LogP contribution in [0, 0.1) is 0 Å². The van der Waals surface area contributed by atoms with Gasteiger partial charge in [0, 0.05) is 12.2 Å². The maximum atomic E-state index is 11.2. The van der Waals surface area contributed by atoms with E-state index < -0.39 is 11.9 Å². The Bertz CT molecular complexity index is 259. The first-order valence-corrected chi connectivity index (χ1v) is 6.72. The molecule has 4 heteroatoms. The topological polar surface area (TPSA) is 52.6 Å². The molecule has 0 amide bonds. The summed E-state index contributed by atoms with van der Waals surface area (Å²) in [5.41, 5.74) is 0. The molecule has 0 rings (SSSR count). The van der Waals surface area contributed by atoms with Gasteiger partial charge in [-0.25, -0.2) is 9.59 Å². The molecular formula is C14H24O4. The second-order valence-electron chi connectivity index (χ2n) is 4.08. The average molecular weight is 256 g/mol. The molecule has 0 radical (unpaired) electrons. The Morgan fingerprint density at radius 2 is 1.28 bits per heavy atom. The van der Waals surface area contributed by atoms with Gasteiger partial charge < -0.3 is 9.47 Å². The van der Waals surface area contributed by atoms with Gasteiger partial charge in [-0.1, -0.05) is 39.5 Å². The minimum Gasteiger partial charge on any atom is -0.463 e. The summed E-state index contributed by atoms with van der Waals surface area (Å²) in [6, 6.07) is 0. The fourth-order valence-electron chi connectivity index (χ4n) is 1.25. The molecule has 4 nitrogen and oxygen atoms in total. The summed E-state index contributed by atoms with van der Waals surface area (Å²) >= 11 is 0. The van der Waals surface area contributed by atoms with E-state index in [1.807, 2.05) is 6.92 Å². The first kappa shape index (κ1) is 16.7. The number of carbonyl (C=O) groups excluding carboxylic acids is 2. The average Bonchev–Trinajstić information content (AvgIpc) is 2.36. The molecule has 0 spiro atoms. The molecule has 0 aliphatic carbocycles. The maximum Gasteiger partial charge on any atom is 0.331 e. The Labute approximate surface area is 109 Å². The quantitative estimate of drug-likeness (QED) is 0.342. The van der Waals surface area contributed by atoms with Gasteiger partial charge in [-0.15, -0.1) is 0 Å². The summed E-state index contributed by atoms with van der Waals surface area (Å²) in [7, 11) is 0. The third kappa shape index (κ3) is 11.2. The number of esters is 2. The van der Waals surface area contributed by atoms with Crippen molar-refractivity contribution in [1.82, 2.24) is 0 Å². The van der Waals surface area contributed by atoms with Gasteiger partial charge in [0.2, 0.25) is 0 Å². The fourth-order valence-corrected chi connectivity index (χ4v) is 1.25. The monoisotopic (exact) mass is 256 g/mol. The molecule has 0 aliphatic heterocycles. The number of hydrogen-bond acceptors (Lipinski definition) is 4. The lowest BCUT2D eigenvalue weighted by Gasteiger charge is -2.01. The molecular weight excluding hydrogens is 232 g/mol. The van der Waals surface area contributed by atoms with Gasteiger partial charge in [-0.2, -0.15) is 0 Å². The maximum absolute atomic E-state index is 11.2. The molecule has 0 atom stereocenters. The van der Waals surface area contributed by atoms with Crippen LogP contribution < -0.4 is 0 Å². The van der Waals surface area contributed by atoms with Gasteiger partial charge in [-0.3, -0.25) is 0 Å². The third-order valence-electron chi connectivity index (χ3n) is 2.34. The molecule has 0 aromatic carbocycles. The molecule has 0 fully saturated rings. The Morgan fingerprint density at radius 1 is 0.778 bits per heavy atom. The molecule has 18 heavy (non-hydrogen) atoms. The van der Waals surface area contributed by atoms with E-state index in [0.29, 0.717) is 13.2 Å². The van der Waals surface area contributed by atoms with Crippen LogP contribution in [0.15, 0.2) is 12.2 Å². The number of ether oxygens (including phenoxy) is 2. The largest absolute Gasteiger partial charge is 0.463 e. The predicted octanol–water partition coefficient (Wildman–Crippen LogP) is 3.01. The summed E-state index contributed by atoms with van der Waals surface area (Å²) in [6.07, 6.45) is 8.27. The number of unbranched alkanes of at least 4 members (excludes halogenated alkanes) is 4. The fraction of sp³-hybridized carbons (Fsp3) is 0.714. The summed E-state index contributed by atoms with van der Waals surface area (Å²) in [5, 5.41) is 0. The van der Waals surface area contributed by atoms with Crippen molar-refractivity contribution in [1.29, 1.82) is 0 Å². The smallest absolute Gasteiger partial charge is 0.331 e. The van der Waals surface area contributed by atoms with Gasteiger partial charge >= 0.3 is 11.9 Å². The summed E-state index contributed by atoms with van der Waals surface area (Å²) < 4.78 is 9.79. The van der Waals surface area contributed by atoms with E-state index in [2.05, 4.69) is 6.92 Å². The highest BCUT2D eigenvalue weighted by molar-refractivity contribution is 5.91. The van der Waals surface area contributed by atoms with Gasteiger partial charge in [0.1, 0.15) is 0 Å². The van der Waals surface area contributed by atoms with Crippen molar-refractivity contribution in [2.45, 2.75) is 52.4 Å².